The van der Waals surface area contributed by atoms with E-state index in [1.54, 1.807) is 6.20 Å². The number of hydrogen-bond acceptors (Lipinski definition) is 13. The maximum Gasteiger partial charge on any atom is 2.00 e. The maximum absolute atomic E-state index is 10.8. The Morgan fingerprint density at radius 1 is 0.667 bits per heavy atom. The average molecular weight is 1040 g/mol. The Morgan fingerprint density at radius 2 is 1.09 bits per heavy atom. The fourth-order valence-electron chi connectivity index (χ4n) is 6.51. The first-order valence-electron chi connectivity index (χ1n) is 22.0. The Hall–Kier alpha value is -7.19. The number of carbonyl (C=O) groups is 3. The summed E-state index contributed by atoms with van der Waals surface area (Å²) in [6.07, 6.45) is 14.2. The summed E-state index contributed by atoms with van der Waals surface area (Å²) in [7, 11) is 0. The molecule has 0 spiro atoms. The molecule has 0 saturated heterocycles. The summed E-state index contributed by atoms with van der Waals surface area (Å²) in [4.78, 5) is 55.5. The first-order chi connectivity index (χ1) is 32.9. The molecule has 4 heterocycles. The van der Waals surface area contributed by atoms with Gasteiger partial charge in [0, 0.05) is 65.8 Å². The number of aromatic nitrogens is 4. The van der Waals surface area contributed by atoms with E-state index in [-0.39, 0.29) is 54.9 Å². The van der Waals surface area contributed by atoms with Crippen molar-refractivity contribution in [2.45, 2.75) is 86.0 Å². The minimum atomic E-state index is -0.423. The van der Waals surface area contributed by atoms with Crippen LogP contribution in [0.25, 0.3) is 33.9 Å². The molecule has 6 aromatic rings. The number of nitrogens with zero attached hydrogens (tertiary/aromatic N) is 7. The zero-order valence-electron chi connectivity index (χ0n) is 39.2. The molecule has 0 atom stereocenters. The molecule has 0 aliphatic rings. The van der Waals surface area contributed by atoms with Crippen molar-refractivity contribution < 1.29 is 48.1 Å². The van der Waals surface area contributed by atoms with Crippen molar-refractivity contribution in [3.8, 4) is 40.0 Å². The number of ether oxygens (including phenoxy) is 3. The van der Waals surface area contributed by atoms with Crippen molar-refractivity contribution in [3.63, 3.8) is 0 Å². The number of unbranched alkanes of at least 4 members (excludes halogenated alkanes) is 4. The fraction of sp³-hybridized carbons (Fsp3) is 0.269. The van der Waals surface area contributed by atoms with Crippen molar-refractivity contribution in [1.29, 1.82) is 5.41 Å². The topological polar surface area (TPSA) is 216 Å². The predicted octanol–water partition coefficient (Wildman–Crippen LogP) is 12.3. The molecular weight excluding hydrogens is 980 g/mol. The van der Waals surface area contributed by atoms with Gasteiger partial charge in [-0.2, -0.15) is 5.16 Å². The smallest absolute Gasteiger partial charge is 0.753 e. The molecule has 0 aliphatic heterocycles. The number of hydrogen-bond donors (Lipinski definition) is 1. The molecule has 0 fully saturated rings. The van der Waals surface area contributed by atoms with Gasteiger partial charge in [-0.3, -0.25) is 29.3 Å². The molecule has 2 aromatic carbocycles. The van der Waals surface area contributed by atoms with Crippen LogP contribution in [0.15, 0.2) is 121 Å². The van der Waals surface area contributed by atoms with Gasteiger partial charge in [-0.05, 0) is 96.6 Å². The molecule has 15 nitrogen and oxygen atoms in total. The predicted molar refractivity (Wildman–Crippen MR) is 270 cm³/mol. The number of pyridine rings is 4. The Bertz CT molecular complexity index is 2530. The molecule has 0 aliphatic carbocycles. The zero-order valence-corrected chi connectivity index (χ0v) is 41.8. The van der Waals surface area contributed by atoms with Crippen LogP contribution in [0.3, 0.4) is 0 Å². The van der Waals surface area contributed by atoms with Crippen molar-refractivity contribution in [3.05, 3.63) is 144 Å². The SMILES string of the molecule is CCCCCc1ccc(N(c2ccc(CCCCC)cc2)c2ccnc(C([NH-])=NC(=N)C(C)(C)C)c2)cc1.O=COc1ccnc(-c2cc(OC=O)cc(-c3cc(OC=O)ccn3)n2)c1.[N-]=C=S.[Ru+2]. The Morgan fingerprint density at radius 3 is 1.51 bits per heavy atom. The van der Waals surface area contributed by atoms with Gasteiger partial charge in [0.15, 0.2) is 0 Å². The van der Waals surface area contributed by atoms with Gasteiger partial charge in [0.2, 0.25) is 0 Å². The van der Waals surface area contributed by atoms with Gasteiger partial charge in [-0.1, -0.05) is 96.8 Å². The summed E-state index contributed by atoms with van der Waals surface area (Å²) in [6, 6.07) is 30.5. The molecule has 69 heavy (non-hydrogen) atoms. The van der Waals surface area contributed by atoms with E-state index in [2.05, 4.69) is 104 Å². The van der Waals surface area contributed by atoms with E-state index >= 15 is 0 Å². The summed E-state index contributed by atoms with van der Waals surface area (Å²) >= 11 is 3.70. The van der Waals surface area contributed by atoms with Crippen molar-refractivity contribution in [2.75, 3.05) is 4.90 Å². The van der Waals surface area contributed by atoms with E-state index in [4.69, 9.17) is 30.8 Å². The van der Waals surface area contributed by atoms with E-state index < -0.39 is 5.41 Å². The van der Waals surface area contributed by atoms with Crippen LogP contribution in [0.5, 0.6) is 17.2 Å². The van der Waals surface area contributed by atoms with Crippen LogP contribution in [-0.2, 0) is 46.7 Å². The second-order valence-electron chi connectivity index (χ2n) is 16.1. The number of thiocarbonyl (C=S) groups is 1. The fourth-order valence-corrected chi connectivity index (χ4v) is 6.51. The van der Waals surface area contributed by atoms with Crippen LogP contribution >= 0.6 is 12.2 Å². The van der Waals surface area contributed by atoms with E-state index in [1.165, 1.54) is 104 Å². The molecule has 6 rings (SSSR count). The summed E-state index contributed by atoms with van der Waals surface area (Å²) in [5.74, 6) is 0.935. The summed E-state index contributed by atoms with van der Waals surface area (Å²) < 4.78 is 14.5. The van der Waals surface area contributed by atoms with Crippen LogP contribution < -0.4 is 19.1 Å². The van der Waals surface area contributed by atoms with Crippen molar-refractivity contribution in [1.82, 2.24) is 19.9 Å². The number of anilines is 3. The number of aliphatic imine (C=N–C) groups is 1. The summed E-state index contributed by atoms with van der Waals surface area (Å²) in [6.45, 7) is 11.1. The van der Waals surface area contributed by atoms with Gasteiger partial charge in [-0.25, -0.2) is 4.98 Å². The van der Waals surface area contributed by atoms with Crippen LogP contribution in [0.2, 0.25) is 0 Å². The molecule has 0 radical (unpaired) electrons. The van der Waals surface area contributed by atoms with E-state index in [1.807, 2.05) is 32.9 Å². The third-order valence-corrected chi connectivity index (χ3v) is 10.0. The second-order valence-corrected chi connectivity index (χ2v) is 16.3. The average Bonchev–Trinajstić information content (AvgIpc) is 3.33. The number of aryl methyl sites for hydroxylation is 2. The van der Waals surface area contributed by atoms with Crippen molar-refractivity contribution in [2.24, 2.45) is 10.4 Å². The summed E-state index contributed by atoms with van der Waals surface area (Å²) in [5.41, 5.74) is 15.7. The number of carbonyl (C=O) groups excluding carboxylic acids is 3. The number of amidine groups is 2. The van der Waals surface area contributed by atoms with Crippen LogP contribution in [0.4, 0.5) is 17.1 Å². The molecule has 358 valence electrons. The van der Waals surface area contributed by atoms with Gasteiger partial charge >= 0.3 is 19.5 Å². The monoisotopic (exact) mass is 1040 g/mol. The molecule has 0 bridgehead atoms. The Labute approximate surface area is 421 Å². The molecule has 0 unspecified atom stereocenters. The first kappa shape index (κ1) is 56.1. The molecule has 2 N–H and O–H groups in total. The van der Waals surface area contributed by atoms with Crippen LogP contribution in [0.1, 0.15) is 90.0 Å². The van der Waals surface area contributed by atoms with Gasteiger partial charge in [0.1, 0.15) is 17.2 Å². The van der Waals surface area contributed by atoms with Crippen molar-refractivity contribution >= 4 is 65.5 Å². The number of benzene rings is 2. The third-order valence-electron chi connectivity index (χ3n) is 10.0. The van der Waals surface area contributed by atoms with E-state index in [0.717, 1.165) is 29.9 Å². The van der Waals surface area contributed by atoms with Crippen LogP contribution in [-0.4, -0.2) is 56.2 Å². The number of isothiocyanates is 1. The van der Waals surface area contributed by atoms with E-state index in [9.17, 15) is 14.4 Å². The quantitative estimate of drug-likeness (QED) is 0.0189. The molecule has 0 saturated carbocycles. The number of rotatable bonds is 20. The molecule has 0 amide bonds. The van der Waals surface area contributed by atoms with E-state index in [0.29, 0.717) is 41.4 Å². The minimum Gasteiger partial charge on any atom is -0.753 e. The van der Waals surface area contributed by atoms with Gasteiger partial charge in [0.25, 0.3) is 19.4 Å². The first-order valence-corrected chi connectivity index (χ1v) is 22.4. The maximum atomic E-state index is 10.8. The molecular formula is C52H55N9O6RuS. The molecule has 4 aromatic heterocycles. The Balaban J connectivity index is 0.000000357. The Kier molecular flexibility index (Phi) is 24.0. The standard InChI is InChI=1S/C33H44N5.C18H11N3O6.CNS.Ru/c1-6-8-10-12-25-14-18-27(19-15-25)38(28-20-16-26(17-21-28)13-11-9-7-2)29-22-23-36-30(24-29)31(34)37-32(35)33(3,4)5;22-9-25-12-1-3-19-15(5-12)17-7-14(27-11-24)8-18(21-17)16-6-13(26-10-23)2-4-20-16;2-1-3;/h14-24H,6-13H2,1-5H3,(H2-,34,35,37);1-11H;;/q-1;;-1;+2. The second kappa shape index (κ2) is 29.5. The largest absolute Gasteiger partial charge is 2.00 e. The van der Waals surface area contributed by atoms with Crippen LogP contribution in [0, 0.1) is 10.8 Å². The number of nitrogens with one attached hydrogen (secondary N) is 2. The van der Waals surface area contributed by atoms with Gasteiger partial charge < -0.3 is 40.7 Å². The zero-order chi connectivity index (χ0) is 49.3. The minimum absolute atomic E-state index is 0. The molecule has 17 heteroatoms. The normalized spacial score (nSPS) is 10.6. The van der Waals surface area contributed by atoms with Gasteiger partial charge in [-0.15, -0.1) is 0 Å². The van der Waals surface area contributed by atoms with Gasteiger partial charge in [0.05, 0.1) is 28.5 Å². The summed E-state index contributed by atoms with van der Waals surface area (Å²) in [5, 5.41) is 16.7. The third kappa shape index (κ3) is 18.1.